The van der Waals surface area contributed by atoms with Crippen LogP contribution in [0.4, 0.5) is 13.2 Å². The monoisotopic (exact) mass is 424 g/mol. The molecule has 160 valence electrons. The van der Waals surface area contributed by atoms with Gasteiger partial charge in [-0.25, -0.2) is 13.2 Å². The molecule has 4 unspecified atom stereocenters. The minimum Gasteiger partial charge on any atom is -0.321 e. The Morgan fingerprint density at radius 3 is 1.65 bits per heavy atom. The van der Waals surface area contributed by atoms with Crippen LogP contribution in [0.3, 0.4) is 0 Å². The summed E-state index contributed by atoms with van der Waals surface area (Å²) in [5.74, 6) is -0.379. The molecule has 0 aliphatic heterocycles. The van der Waals surface area contributed by atoms with Gasteiger partial charge in [-0.2, -0.15) is 0 Å². The zero-order valence-corrected chi connectivity index (χ0v) is 15.9. The number of halogens is 3. The number of rotatable bonds is 0. The fourth-order valence-corrected chi connectivity index (χ4v) is 3.64. The van der Waals surface area contributed by atoms with Gasteiger partial charge in [0.25, 0.3) is 0 Å². The quantitative estimate of drug-likeness (QED) is 0.443. The van der Waals surface area contributed by atoms with E-state index in [9.17, 15) is 18.0 Å². The van der Waals surface area contributed by atoms with Crippen molar-refractivity contribution in [3.63, 3.8) is 0 Å². The minimum atomic E-state index is -1.35. The molecule has 6 heteroatoms. The molecule has 3 aromatic rings. The van der Waals surface area contributed by atoms with Gasteiger partial charge in [-0.1, -0.05) is 80.2 Å². The molecule has 3 aliphatic carbocycles. The number of hydrogen-bond donors (Lipinski definition) is 2. The summed E-state index contributed by atoms with van der Waals surface area (Å²) in [5, 5.41) is 7.14. The number of nitrogens with one attached hydrogen (secondary N) is 1. The van der Waals surface area contributed by atoms with Gasteiger partial charge in [0, 0.05) is 22.3 Å². The first-order valence-electron chi connectivity index (χ1n) is 9.49. The maximum absolute atomic E-state index is 12.8. The molecule has 0 spiro atoms. The predicted molar refractivity (Wildman–Crippen MR) is 116 cm³/mol. The van der Waals surface area contributed by atoms with Crippen LogP contribution in [0, 0.1) is 5.41 Å². The molecule has 31 heavy (non-hydrogen) atoms. The molecule has 0 heterocycles. The maximum atomic E-state index is 12.8. The summed E-state index contributed by atoms with van der Waals surface area (Å²) in [6.45, 7) is 0. The molecule has 0 fully saturated rings. The zero-order valence-electron chi connectivity index (χ0n) is 15.9. The smallest absolute Gasteiger partial charge is 0.201 e. The van der Waals surface area contributed by atoms with Crippen molar-refractivity contribution < 1.29 is 18.0 Å². The van der Waals surface area contributed by atoms with Gasteiger partial charge in [-0.15, -0.1) is 0 Å². The SMILES string of the molecule is C.N=C1c2ccccc2C1F.NC1c2ccccc2C1F.O=C1c2ccccc2C1F. The van der Waals surface area contributed by atoms with E-state index in [0.29, 0.717) is 16.7 Å². The molecule has 4 atom stereocenters. The molecule has 0 amide bonds. The molecule has 3 aliphatic rings. The molecular weight excluding hydrogens is 401 g/mol. The lowest BCUT2D eigenvalue weighted by Gasteiger charge is -2.30. The van der Waals surface area contributed by atoms with E-state index in [-0.39, 0.29) is 25.0 Å². The minimum absolute atomic E-state index is 0. The maximum Gasteiger partial charge on any atom is 0.201 e. The second kappa shape index (κ2) is 8.86. The van der Waals surface area contributed by atoms with Crippen molar-refractivity contribution in [3.05, 3.63) is 106 Å². The first-order chi connectivity index (χ1) is 14.4. The number of fused-ring (bicyclic) bond motifs is 3. The van der Waals surface area contributed by atoms with Crippen molar-refractivity contribution in [1.29, 1.82) is 5.41 Å². The molecule has 3 nitrogen and oxygen atoms in total. The largest absolute Gasteiger partial charge is 0.321 e. The summed E-state index contributed by atoms with van der Waals surface area (Å²) in [6, 6.07) is 20.8. The second-order valence-corrected chi connectivity index (χ2v) is 7.23. The first-order valence-corrected chi connectivity index (χ1v) is 9.49. The van der Waals surface area contributed by atoms with E-state index in [4.69, 9.17) is 11.1 Å². The van der Waals surface area contributed by atoms with Crippen molar-refractivity contribution in [1.82, 2.24) is 0 Å². The Kier molecular flexibility index (Phi) is 6.41. The van der Waals surface area contributed by atoms with E-state index in [1.54, 1.807) is 48.5 Å². The van der Waals surface area contributed by atoms with Gasteiger partial charge in [0.15, 0.2) is 12.3 Å². The Hall–Kier alpha value is -3.25. The fourth-order valence-electron chi connectivity index (χ4n) is 3.64. The topological polar surface area (TPSA) is 66.9 Å². The third-order valence-electron chi connectivity index (χ3n) is 5.47. The number of carbonyl (C=O) groups is 1. The third-order valence-corrected chi connectivity index (χ3v) is 5.47. The van der Waals surface area contributed by atoms with E-state index in [2.05, 4.69) is 0 Å². The van der Waals surface area contributed by atoms with Gasteiger partial charge in [-0.3, -0.25) is 4.79 Å². The highest BCUT2D eigenvalue weighted by atomic mass is 19.1. The summed E-state index contributed by atoms with van der Waals surface area (Å²) in [7, 11) is 0. The highest BCUT2D eigenvalue weighted by Crippen LogP contribution is 2.43. The molecule has 6 rings (SSSR count). The van der Waals surface area contributed by atoms with Gasteiger partial charge < -0.3 is 11.1 Å². The van der Waals surface area contributed by atoms with Crippen LogP contribution >= 0.6 is 0 Å². The molecule has 3 aromatic carbocycles. The highest BCUT2D eigenvalue weighted by Gasteiger charge is 2.35. The molecule has 3 N–H and O–H groups in total. The van der Waals surface area contributed by atoms with Crippen LogP contribution in [0.15, 0.2) is 72.8 Å². The Labute approximate surface area is 179 Å². The van der Waals surface area contributed by atoms with Crippen molar-refractivity contribution in [2.45, 2.75) is 32.0 Å². The van der Waals surface area contributed by atoms with Gasteiger partial charge in [0.1, 0.15) is 6.17 Å². The second-order valence-electron chi connectivity index (χ2n) is 7.23. The van der Waals surface area contributed by atoms with E-state index in [1.165, 1.54) is 0 Å². The van der Waals surface area contributed by atoms with Crippen LogP contribution in [0.2, 0.25) is 0 Å². The lowest BCUT2D eigenvalue weighted by Crippen LogP contribution is -2.27. The molecular formula is C25H23F3N2O. The highest BCUT2D eigenvalue weighted by molar-refractivity contribution is 6.11. The van der Waals surface area contributed by atoms with E-state index in [1.807, 2.05) is 24.3 Å². The normalized spacial score (nSPS) is 23.4. The molecule has 0 saturated carbocycles. The van der Waals surface area contributed by atoms with Gasteiger partial charge in [-0.05, 0) is 11.1 Å². The number of alkyl halides is 3. The summed E-state index contributed by atoms with van der Waals surface area (Å²) in [6.07, 6.45) is -3.41. The van der Waals surface area contributed by atoms with E-state index >= 15 is 0 Å². The van der Waals surface area contributed by atoms with Crippen LogP contribution in [0.5, 0.6) is 0 Å². The van der Waals surface area contributed by atoms with Crippen LogP contribution in [-0.4, -0.2) is 11.5 Å². The molecule has 0 radical (unpaired) electrons. The van der Waals surface area contributed by atoms with Crippen LogP contribution < -0.4 is 5.73 Å². The number of benzene rings is 3. The summed E-state index contributed by atoms with van der Waals surface area (Å²) in [5.41, 5.74) is 9.78. The summed E-state index contributed by atoms with van der Waals surface area (Å²) < 4.78 is 38.0. The predicted octanol–water partition coefficient (Wildman–Crippen LogP) is 6.32. The summed E-state index contributed by atoms with van der Waals surface area (Å²) >= 11 is 0. The van der Waals surface area contributed by atoms with Gasteiger partial charge >= 0.3 is 0 Å². The van der Waals surface area contributed by atoms with Crippen LogP contribution in [0.25, 0.3) is 0 Å². The Morgan fingerprint density at radius 2 is 1.13 bits per heavy atom. The number of Topliss-reactive ketones (excluding diaryl/α,β-unsaturated/α-hetero) is 1. The van der Waals surface area contributed by atoms with Gasteiger partial charge in [0.05, 0.1) is 11.8 Å². The number of carbonyl (C=O) groups excluding carboxylic acids is 1. The number of hydrogen-bond acceptors (Lipinski definition) is 3. The lowest BCUT2D eigenvalue weighted by molar-refractivity contribution is 0.0828. The molecule has 0 bridgehead atoms. The van der Waals surface area contributed by atoms with E-state index in [0.717, 1.165) is 16.7 Å². The molecule has 0 aromatic heterocycles. The van der Waals surface area contributed by atoms with Crippen molar-refractivity contribution in [2.24, 2.45) is 5.73 Å². The number of ketones is 1. The van der Waals surface area contributed by atoms with Crippen LogP contribution in [-0.2, 0) is 0 Å². The third kappa shape index (κ3) is 3.79. The van der Waals surface area contributed by atoms with Gasteiger partial charge in [0.2, 0.25) is 5.78 Å². The summed E-state index contributed by atoms with van der Waals surface area (Å²) in [4.78, 5) is 10.7. The average Bonchev–Trinajstić information content (AvgIpc) is 2.83. The number of nitrogens with two attached hydrogens (primary N) is 1. The average molecular weight is 424 g/mol. The van der Waals surface area contributed by atoms with E-state index < -0.39 is 18.5 Å². The molecule has 0 saturated heterocycles. The van der Waals surface area contributed by atoms with Crippen molar-refractivity contribution >= 4 is 11.5 Å². The standard InChI is InChI=1S/C8H8FN.C8H6FN.C8H5FO.CH4/c3*9-7-5-3-1-2-4-6(5)8(7)10;/h1-4,7-8H,10H2;1-4,7,10H;1-4,7H;1H4. The Bertz CT molecular complexity index is 1040. The Morgan fingerprint density at radius 1 is 0.677 bits per heavy atom. The lowest BCUT2D eigenvalue weighted by atomic mass is 9.82. The van der Waals surface area contributed by atoms with Crippen molar-refractivity contribution in [3.8, 4) is 0 Å². The zero-order chi connectivity index (χ0) is 21.4. The fraction of sp³-hybridized carbons (Fsp3) is 0.200. The van der Waals surface area contributed by atoms with Crippen molar-refractivity contribution in [2.75, 3.05) is 0 Å². The van der Waals surface area contributed by atoms with Crippen LogP contribution in [0.1, 0.15) is 70.2 Å². The Balaban J connectivity index is 0.000000130. The first kappa shape index (κ1) is 22.4.